The van der Waals surface area contributed by atoms with E-state index in [9.17, 15) is 4.39 Å². The summed E-state index contributed by atoms with van der Waals surface area (Å²) in [7, 11) is 0. The Bertz CT molecular complexity index is 535. The molecule has 0 bridgehead atoms. The van der Waals surface area contributed by atoms with Crippen molar-refractivity contribution in [2.24, 2.45) is 5.10 Å². The molecule has 2 aromatic rings. The summed E-state index contributed by atoms with van der Waals surface area (Å²) in [4.78, 5) is 0. The molecule has 0 fully saturated rings. The van der Waals surface area contributed by atoms with Crippen LogP contribution in [0.15, 0.2) is 46.2 Å². The first kappa shape index (κ1) is 12.7. The van der Waals surface area contributed by atoms with Crippen molar-refractivity contribution in [2.75, 3.05) is 5.32 Å². The monoisotopic (exact) mass is 279 g/mol. The molecule has 0 spiro atoms. The Morgan fingerprint density at radius 2 is 2.06 bits per heavy atom. The zero-order chi connectivity index (χ0) is 12.8. The first-order chi connectivity index (χ1) is 8.74. The second-order valence-corrected chi connectivity index (χ2v) is 4.58. The maximum Gasteiger partial charge on any atom is 0.191 e. The van der Waals surface area contributed by atoms with Crippen molar-refractivity contribution >= 4 is 40.6 Å². The number of thiophene rings is 1. The average Bonchev–Trinajstić information content (AvgIpc) is 2.85. The minimum atomic E-state index is -0.282. The van der Waals surface area contributed by atoms with E-state index in [0.717, 1.165) is 5.56 Å². The number of hydrogen-bond acceptors (Lipinski definition) is 3. The van der Waals surface area contributed by atoms with Crippen LogP contribution in [0.1, 0.15) is 5.56 Å². The van der Waals surface area contributed by atoms with Gasteiger partial charge in [0.15, 0.2) is 5.11 Å². The summed E-state index contributed by atoms with van der Waals surface area (Å²) in [6.07, 6.45) is 1.68. The zero-order valence-corrected chi connectivity index (χ0v) is 10.9. The summed E-state index contributed by atoms with van der Waals surface area (Å²) in [5.74, 6) is -0.282. The van der Waals surface area contributed by atoms with Gasteiger partial charge < -0.3 is 5.32 Å². The van der Waals surface area contributed by atoms with Gasteiger partial charge in [-0.25, -0.2) is 4.39 Å². The van der Waals surface area contributed by atoms with E-state index in [2.05, 4.69) is 15.8 Å². The maximum absolute atomic E-state index is 12.7. The lowest BCUT2D eigenvalue weighted by Gasteiger charge is -2.06. The number of anilines is 1. The van der Waals surface area contributed by atoms with E-state index in [0.29, 0.717) is 10.8 Å². The Kier molecular flexibility index (Phi) is 4.38. The van der Waals surface area contributed by atoms with Gasteiger partial charge in [-0.2, -0.15) is 16.4 Å². The van der Waals surface area contributed by atoms with E-state index in [1.165, 1.54) is 12.1 Å². The minimum absolute atomic E-state index is 0.282. The Morgan fingerprint density at radius 1 is 1.28 bits per heavy atom. The van der Waals surface area contributed by atoms with Crippen LogP contribution in [0.25, 0.3) is 0 Å². The van der Waals surface area contributed by atoms with Crippen molar-refractivity contribution in [3.05, 3.63) is 52.5 Å². The number of nitrogens with zero attached hydrogens (tertiary/aromatic N) is 1. The predicted octanol–water partition coefficient (Wildman–Crippen LogP) is 3.21. The van der Waals surface area contributed by atoms with Gasteiger partial charge in [0, 0.05) is 11.3 Å². The molecule has 0 atom stereocenters. The highest BCUT2D eigenvalue weighted by Crippen LogP contribution is 2.07. The number of benzene rings is 1. The lowest BCUT2D eigenvalue weighted by Crippen LogP contribution is -2.23. The highest BCUT2D eigenvalue weighted by molar-refractivity contribution is 7.80. The normalized spacial score (nSPS) is 10.5. The van der Waals surface area contributed by atoms with Gasteiger partial charge in [-0.3, -0.25) is 5.43 Å². The van der Waals surface area contributed by atoms with E-state index >= 15 is 0 Å². The van der Waals surface area contributed by atoms with Gasteiger partial charge in [-0.1, -0.05) is 0 Å². The highest BCUT2D eigenvalue weighted by Gasteiger charge is 1.96. The number of nitrogens with one attached hydrogen (secondary N) is 2. The molecule has 1 aromatic heterocycles. The standard InChI is InChI=1S/C12H10FN3S2/c13-10-1-3-11(4-2-10)15-12(17)16-14-7-9-5-6-18-8-9/h1-8H,(H2,15,16,17)/b14-7-. The number of rotatable bonds is 3. The Morgan fingerprint density at radius 3 is 2.72 bits per heavy atom. The molecule has 6 heteroatoms. The number of halogens is 1. The molecule has 0 saturated heterocycles. The molecule has 3 nitrogen and oxygen atoms in total. The summed E-state index contributed by atoms with van der Waals surface area (Å²) in [6, 6.07) is 7.88. The third kappa shape index (κ3) is 3.90. The topological polar surface area (TPSA) is 36.4 Å². The van der Waals surface area contributed by atoms with Crippen molar-refractivity contribution < 1.29 is 4.39 Å². The van der Waals surface area contributed by atoms with Crippen LogP contribution in [-0.2, 0) is 0 Å². The van der Waals surface area contributed by atoms with Crippen molar-refractivity contribution in [1.82, 2.24) is 5.43 Å². The summed E-state index contributed by atoms with van der Waals surface area (Å²) in [5.41, 5.74) is 4.40. The van der Waals surface area contributed by atoms with E-state index in [-0.39, 0.29) is 5.82 Å². The quantitative estimate of drug-likeness (QED) is 0.514. The van der Waals surface area contributed by atoms with Gasteiger partial charge in [0.25, 0.3) is 0 Å². The van der Waals surface area contributed by atoms with Crippen LogP contribution in [0, 0.1) is 5.82 Å². The molecular formula is C12H10FN3S2. The maximum atomic E-state index is 12.7. The second kappa shape index (κ2) is 6.23. The molecule has 1 aromatic carbocycles. The van der Waals surface area contributed by atoms with Gasteiger partial charge in [0.2, 0.25) is 0 Å². The Balaban J connectivity index is 1.84. The smallest absolute Gasteiger partial charge is 0.191 e. The average molecular weight is 279 g/mol. The third-order valence-corrected chi connectivity index (χ3v) is 2.92. The van der Waals surface area contributed by atoms with E-state index in [1.54, 1.807) is 29.7 Å². The highest BCUT2D eigenvalue weighted by atomic mass is 32.1. The summed E-state index contributed by atoms with van der Waals surface area (Å²) in [5, 5.41) is 11.2. The van der Waals surface area contributed by atoms with Crippen LogP contribution in [0.5, 0.6) is 0 Å². The molecule has 2 rings (SSSR count). The van der Waals surface area contributed by atoms with Crippen LogP contribution >= 0.6 is 23.6 Å². The van der Waals surface area contributed by atoms with Gasteiger partial charge in [-0.15, -0.1) is 0 Å². The van der Waals surface area contributed by atoms with Crippen LogP contribution in [0.3, 0.4) is 0 Å². The molecule has 18 heavy (non-hydrogen) atoms. The largest absolute Gasteiger partial charge is 0.331 e. The van der Waals surface area contributed by atoms with Crippen LogP contribution < -0.4 is 10.7 Å². The van der Waals surface area contributed by atoms with Crippen molar-refractivity contribution in [3.63, 3.8) is 0 Å². The van der Waals surface area contributed by atoms with Crippen molar-refractivity contribution in [1.29, 1.82) is 0 Å². The van der Waals surface area contributed by atoms with E-state index in [4.69, 9.17) is 12.2 Å². The molecule has 0 amide bonds. The fourth-order valence-electron chi connectivity index (χ4n) is 1.21. The Labute approximate surface area is 113 Å². The molecular weight excluding hydrogens is 269 g/mol. The molecule has 0 saturated carbocycles. The molecule has 0 radical (unpaired) electrons. The number of thiocarbonyl (C=S) groups is 1. The van der Waals surface area contributed by atoms with Crippen LogP contribution in [0.2, 0.25) is 0 Å². The van der Waals surface area contributed by atoms with Gasteiger partial charge in [0.05, 0.1) is 6.21 Å². The summed E-state index contributed by atoms with van der Waals surface area (Å²) < 4.78 is 12.7. The molecule has 92 valence electrons. The fourth-order valence-corrected chi connectivity index (χ4v) is 1.99. The van der Waals surface area contributed by atoms with Crippen LogP contribution in [0.4, 0.5) is 10.1 Å². The van der Waals surface area contributed by atoms with Crippen molar-refractivity contribution in [3.8, 4) is 0 Å². The van der Waals surface area contributed by atoms with Crippen LogP contribution in [-0.4, -0.2) is 11.3 Å². The van der Waals surface area contributed by atoms with E-state index < -0.39 is 0 Å². The molecule has 0 aliphatic heterocycles. The van der Waals surface area contributed by atoms with Gasteiger partial charge >= 0.3 is 0 Å². The minimum Gasteiger partial charge on any atom is -0.331 e. The van der Waals surface area contributed by atoms with Gasteiger partial charge in [0.1, 0.15) is 5.82 Å². The lowest BCUT2D eigenvalue weighted by molar-refractivity contribution is 0.628. The van der Waals surface area contributed by atoms with E-state index in [1.807, 2.05) is 16.8 Å². The SMILES string of the molecule is Fc1ccc(NC(=S)N/N=C\c2ccsc2)cc1. The first-order valence-corrected chi connectivity index (χ1v) is 6.47. The number of hydrogen-bond donors (Lipinski definition) is 2. The second-order valence-electron chi connectivity index (χ2n) is 3.39. The fraction of sp³-hybridized carbons (Fsp3) is 0. The third-order valence-electron chi connectivity index (χ3n) is 2.02. The predicted molar refractivity (Wildman–Crippen MR) is 77.7 cm³/mol. The van der Waals surface area contributed by atoms with Gasteiger partial charge in [-0.05, 0) is 53.3 Å². The molecule has 2 N–H and O–H groups in total. The van der Waals surface area contributed by atoms with Crippen molar-refractivity contribution in [2.45, 2.75) is 0 Å². The molecule has 1 heterocycles. The molecule has 0 unspecified atom stereocenters. The number of hydrazone groups is 1. The summed E-state index contributed by atoms with van der Waals surface area (Å²) >= 11 is 6.64. The first-order valence-electron chi connectivity index (χ1n) is 5.12. The molecule has 0 aliphatic rings. The lowest BCUT2D eigenvalue weighted by atomic mass is 10.3. The molecule has 0 aliphatic carbocycles. The summed E-state index contributed by atoms with van der Waals surface area (Å²) in [6.45, 7) is 0. The zero-order valence-electron chi connectivity index (χ0n) is 9.26. The Hall–Kier alpha value is -1.79.